The Kier molecular flexibility index (Phi) is 6.53. The van der Waals surface area contributed by atoms with Gasteiger partial charge in [0.1, 0.15) is 16.9 Å². The zero-order valence-electron chi connectivity index (χ0n) is 17.2. The summed E-state index contributed by atoms with van der Waals surface area (Å²) < 4.78 is 46.3. The van der Waals surface area contributed by atoms with Crippen LogP contribution in [0.4, 0.5) is 22.4 Å². The molecule has 0 aliphatic carbocycles. The van der Waals surface area contributed by atoms with Gasteiger partial charge in [-0.05, 0) is 59.1 Å². The highest BCUT2D eigenvalue weighted by molar-refractivity contribution is 7.21. The van der Waals surface area contributed by atoms with Crippen LogP contribution in [-0.4, -0.2) is 7.25 Å². The van der Waals surface area contributed by atoms with E-state index in [1.807, 2.05) is 54.6 Å². The molecule has 0 radical (unpaired) electrons. The molecule has 168 valence electrons. The van der Waals surface area contributed by atoms with Crippen LogP contribution in [0.15, 0.2) is 82.2 Å². The first-order valence-corrected chi connectivity index (χ1v) is 11.0. The van der Waals surface area contributed by atoms with E-state index in [4.69, 9.17) is 21.0 Å². The van der Waals surface area contributed by atoms with Gasteiger partial charge in [0.15, 0.2) is 5.36 Å². The van der Waals surface area contributed by atoms with Crippen LogP contribution >= 0.6 is 22.9 Å². The van der Waals surface area contributed by atoms with Crippen molar-refractivity contribution in [3.05, 3.63) is 88.7 Å². The van der Waals surface area contributed by atoms with Crippen molar-refractivity contribution in [2.75, 3.05) is 0 Å². The van der Waals surface area contributed by atoms with Crippen LogP contribution in [0.3, 0.4) is 0 Å². The van der Waals surface area contributed by atoms with E-state index in [-0.39, 0.29) is 0 Å². The Balaban J connectivity index is 0.000000471. The van der Waals surface area contributed by atoms with Gasteiger partial charge in [0.2, 0.25) is 0 Å². The molecule has 0 aliphatic heterocycles. The van der Waals surface area contributed by atoms with Crippen molar-refractivity contribution in [2.24, 2.45) is 4.99 Å². The van der Waals surface area contributed by atoms with Crippen molar-refractivity contribution in [3.8, 4) is 11.3 Å². The third-order valence-electron chi connectivity index (χ3n) is 4.57. The van der Waals surface area contributed by atoms with E-state index in [0.29, 0.717) is 5.02 Å². The Morgan fingerprint density at radius 2 is 1.67 bits per heavy atom. The van der Waals surface area contributed by atoms with Gasteiger partial charge in [0, 0.05) is 16.7 Å². The van der Waals surface area contributed by atoms with Gasteiger partial charge in [-0.1, -0.05) is 48.0 Å². The average Bonchev–Trinajstić information content (AvgIpc) is 3.15. The number of benzene rings is 3. The molecule has 0 amide bonds. The van der Waals surface area contributed by atoms with Gasteiger partial charge in [-0.25, -0.2) is 4.98 Å². The molecule has 0 spiro atoms. The first-order valence-electron chi connectivity index (χ1n) is 9.79. The van der Waals surface area contributed by atoms with Crippen molar-refractivity contribution in [3.63, 3.8) is 0 Å². The van der Waals surface area contributed by atoms with Crippen LogP contribution in [-0.2, 0) is 0 Å². The summed E-state index contributed by atoms with van der Waals surface area (Å²) in [5.41, 5.74) is 4.07. The fraction of sp³-hybridized carbons (Fsp3) is 0.0435. The monoisotopic (exact) mass is 490 g/mol. The molecule has 2 heterocycles. The number of aromatic amines is 1. The van der Waals surface area contributed by atoms with Crippen molar-refractivity contribution in [1.82, 2.24) is 0 Å². The summed E-state index contributed by atoms with van der Waals surface area (Å²) in [6.07, 6.45) is 0. The highest BCUT2D eigenvalue weighted by Gasteiger charge is 2.20. The molecule has 5 aromatic rings. The minimum Gasteiger partial charge on any atom is -0.456 e. The summed E-state index contributed by atoms with van der Waals surface area (Å²) in [5.74, 6) is 0.770. The number of H-pyrrole nitrogens is 1. The van der Waals surface area contributed by atoms with E-state index in [1.54, 1.807) is 11.3 Å². The SMILES string of the molecule is Cc1ccc2[nH+]c(N=c3cc(-c4ccccc4)oc4ccc(Cl)cc34)sc2c1.F[B-](F)(F)F. The summed E-state index contributed by atoms with van der Waals surface area (Å²) in [6.45, 7) is 2.09. The molecule has 0 fully saturated rings. The van der Waals surface area contributed by atoms with E-state index < -0.39 is 7.25 Å². The minimum absolute atomic E-state index is 0.655. The molecule has 0 bridgehead atoms. The number of hydrogen-bond acceptors (Lipinski definition) is 3. The zero-order valence-corrected chi connectivity index (χ0v) is 18.7. The van der Waals surface area contributed by atoms with E-state index in [2.05, 4.69) is 30.1 Å². The lowest BCUT2D eigenvalue weighted by Crippen LogP contribution is -2.06. The smallest absolute Gasteiger partial charge is 0.456 e. The molecule has 0 aliphatic rings. The average molecular weight is 491 g/mol. The lowest BCUT2D eigenvalue weighted by atomic mass is 10.1. The second-order valence-electron chi connectivity index (χ2n) is 7.14. The summed E-state index contributed by atoms with van der Waals surface area (Å²) in [4.78, 5) is 8.31. The fourth-order valence-corrected chi connectivity index (χ4v) is 4.36. The maximum absolute atomic E-state index is 9.75. The molecule has 3 aromatic carbocycles. The maximum Gasteiger partial charge on any atom is 0.673 e. The molecule has 0 saturated carbocycles. The first-order chi connectivity index (χ1) is 15.7. The van der Waals surface area contributed by atoms with Gasteiger partial charge < -0.3 is 21.7 Å². The van der Waals surface area contributed by atoms with Gasteiger partial charge in [-0.2, -0.15) is 0 Å². The number of hydrogen-bond donors (Lipinski definition) is 0. The highest BCUT2D eigenvalue weighted by atomic mass is 35.5. The van der Waals surface area contributed by atoms with E-state index in [9.17, 15) is 17.3 Å². The Morgan fingerprint density at radius 3 is 2.39 bits per heavy atom. The topological polar surface area (TPSA) is 39.6 Å². The van der Waals surface area contributed by atoms with Crippen LogP contribution in [0.2, 0.25) is 5.02 Å². The molecule has 0 saturated heterocycles. The van der Waals surface area contributed by atoms with Gasteiger partial charge >= 0.3 is 12.4 Å². The largest absolute Gasteiger partial charge is 0.673 e. The third-order valence-corrected chi connectivity index (χ3v) is 5.75. The Labute approximate surface area is 195 Å². The van der Waals surface area contributed by atoms with Crippen LogP contribution in [0.5, 0.6) is 0 Å². The fourth-order valence-electron chi connectivity index (χ4n) is 3.20. The number of nitrogens with zero attached hydrogens (tertiary/aromatic N) is 1. The van der Waals surface area contributed by atoms with Crippen molar-refractivity contribution in [1.29, 1.82) is 0 Å². The van der Waals surface area contributed by atoms with Crippen LogP contribution in [0.1, 0.15) is 5.56 Å². The molecule has 3 nitrogen and oxygen atoms in total. The Hall–Kier alpha value is -3.17. The standard InChI is InChI=1S/C23H15ClN2OS.BF4/c1-14-7-9-18-22(11-14)28-23(25-18)26-19-13-21(15-5-3-2-4-6-15)27-20-10-8-16(24)12-17(19)20;2-1(3,4)5/h2-13H,1H3;/q;-1/p+1. The molecule has 10 heteroatoms. The predicted molar refractivity (Wildman–Crippen MR) is 125 cm³/mol. The summed E-state index contributed by atoms with van der Waals surface area (Å²) >= 11 is 7.88. The second-order valence-corrected chi connectivity index (χ2v) is 8.61. The molecule has 33 heavy (non-hydrogen) atoms. The van der Waals surface area contributed by atoms with E-state index in [0.717, 1.165) is 38.3 Å². The van der Waals surface area contributed by atoms with Crippen molar-refractivity contribution < 1.29 is 26.7 Å². The van der Waals surface area contributed by atoms with Crippen LogP contribution in [0.25, 0.3) is 32.5 Å². The number of halogens is 5. The molecule has 2 aromatic heterocycles. The Morgan fingerprint density at radius 1 is 0.939 bits per heavy atom. The highest BCUT2D eigenvalue weighted by Crippen LogP contribution is 2.27. The Bertz CT molecular complexity index is 1490. The number of aromatic nitrogens is 1. The number of thiazole rings is 1. The van der Waals surface area contributed by atoms with Gasteiger partial charge in [0.25, 0.3) is 0 Å². The van der Waals surface area contributed by atoms with E-state index >= 15 is 0 Å². The third kappa shape index (κ3) is 6.00. The predicted octanol–water partition coefficient (Wildman–Crippen LogP) is 7.62. The molecular weight excluding hydrogens is 475 g/mol. The quantitative estimate of drug-likeness (QED) is 0.185. The second kappa shape index (κ2) is 9.37. The number of aryl methyl sites for hydroxylation is 1. The molecule has 1 N–H and O–H groups in total. The van der Waals surface area contributed by atoms with Gasteiger partial charge in [-0.3, -0.25) is 0 Å². The lowest BCUT2D eigenvalue weighted by Gasteiger charge is -2.03. The van der Waals surface area contributed by atoms with Crippen molar-refractivity contribution in [2.45, 2.75) is 6.92 Å². The lowest BCUT2D eigenvalue weighted by molar-refractivity contribution is -0.323. The molecule has 5 rings (SSSR count). The van der Waals surface area contributed by atoms with Gasteiger partial charge in [-0.15, -0.1) is 0 Å². The van der Waals surface area contributed by atoms with Gasteiger partial charge in [0.05, 0.1) is 10.1 Å². The summed E-state index contributed by atoms with van der Waals surface area (Å²) in [7, 11) is -6.00. The van der Waals surface area contributed by atoms with E-state index in [1.165, 1.54) is 10.3 Å². The number of rotatable bonds is 2. The maximum atomic E-state index is 9.75. The minimum atomic E-state index is -6.00. The van der Waals surface area contributed by atoms with Crippen LogP contribution in [0, 0.1) is 6.92 Å². The summed E-state index contributed by atoms with van der Waals surface area (Å²) in [5, 5.41) is 3.20. The van der Waals surface area contributed by atoms with Crippen molar-refractivity contribution >= 4 is 56.5 Å². The zero-order chi connectivity index (χ0) is 23.6. The molecular formula is C23H16BClF4N2OS. The first kappa shape index (κ1) is 23.0. The summed E-state index contributed by atoms with van der Waals surface area (Å²) in [6, 6.07) is 24.0. The normalized spacial score (nSPS) is 12.1. The molecule has 0 atom stereocenters. The number of fused-ring (bicyclic) bond motifs is 2. The molecule has 0 unspecified atom stereocenters. The van der Waals surface area contributed by atoms with Crippen LogP contribution < -0.4 is 10.3 Å². The number of nitrogens with one attached hydrogen (secondary N) is 1.